The van der Waals surface area contributed by atoms with Gasteiger partial charge in [-0.3, -0.25) is 4.79 Å². The van der Waals surface area contributed by atoms with Gasteiger partial charge in [0.2, 0.25) is 0 Å². The summed E-state index contributed by atoms with van der Waals surface area (Å²) in [4.78, 5) is 10.9. The molecule has 0 amide bonds. The maximum Gasteiger partial charge on any atom is 0.326 e. The topological polar surface area (TPSA) is 26.3 Å². The van der Waals surface area contributed by atoms with Gasteiger partial charge in [-0.25, -0.2) is 0 Å². The minimum atomic E-state index is -0.515. The maximum absolute atomic E-state index is 10.9. The summed E-state index contributed by atoms with van der Waals surface area (Å²) in [5.74, 6) is -0.342. The highest BCUT2D eigenvalue weighted by Gasteiger charge is 2.10. The Labute approximate surface area is 100 Å². The molecule has 0 aromatic heterocycles. The van der Waals surface area contributed by atoms with Crippen LogP contribution in [-0.2, 0) is 4.79 Å². The van der Waals surface area contributed by atoms with Crippen molar-refractivity contribution in [3.05, 3.63) is 27.2 Å². The lowest BCUT2D eigenvalue weighted by molar-refractivity contribution is -0.131. The van der Waals surface area contributed by atoms with Gasteiger partial charge in [0.1, 0.15) is 5.88 Å². The van der Waals surface area contributed by atoms with Crippen LogP contribution >= 0.6 is 39.1 Å². The highest BCUT2D eigenvalue weighted by atomic mass is 79.9. The van der Waals surface area contributed by atoms with E-state index in [-0.39, 0.29) is 5.88 Å². The molecule has 0 heterocycles. The fraction of sp³-hybridized carbons (Fsp3) is 0.222. The third-order valence-corrected chi connectivity index (χ3v) is 2.48. The first-order valence-electron chi connectivity index (χ1n) is 3.77. The summed E-state index contributed by atoms with van der Waals surface area (Å²) < 4.78 is 5.80. The molecule has 0 N–H and O–H groups in total. The Kier molecular flexibility index (Phi) is 4.23. The predicted molar refractivity (Wildman–Crippen MR) is 60.2 cm³/mol. The summed E-state index contributed by atoms with van der Waals surface area (Å²) in [5, 5.41) is 0.385. The number of aryl methyl sites for hydroxylation is 1. The molecular weight excluding hydrogens is 291 g/mol. The number of halogens is 3. The van der Waals surface area contributed by atoms with Gasteiger partial charge in [0.25, 0.3) is 0 Å². The van der Waals surface area contributed by atoms with Crippen molar-refractivity contribution >= 4 is 45.1 Å². The van der Waals surface area contributed by atoms with E-state index in [4.69, 9.17) is 27.9 Å². The van der Waals surface area contributed by atoms with Gasteiger partial charge >= 0.3 is 5.97 Å². The maximum atomic E-state index is 10.9. The fourth-order valence-corrected chi connectivity index (χ4v) is 2.02. The molecule has 0 aliphatic rings. The van der Waals surface area contributed by atoms with E-state index in [2.05, 4.69) is 15.9 Å². The second-order valence-electron chi connectivity index (χ2n) is 2.64. The highest BCUT2D eigenvalue weighted by molar-refractivity contribution is 9.10. The molecule has 2 nitrogen and oxygen atoms in total. The Morgan fingerprint density at radius 2 is 2.21 bits per heavy atom. The minimum Gasteiger partial charge on any atom is -0.424 e. The predicted octanol–water partition coefficient (Wildman–Crippen LogP) is 3.56. The standard InChI is InChI=1S/C9H7BrCl2O2/c1-5-2-6(10)3-7(12)9(5)14-8(13)4-11/h2-3H,4H2,1H3. The van der Waals surface area contributed by atoms with Crippen molar-refractivity contribution in [3.8, 4) is 5.75 Å². The number of alkyl halides is 1. The van der Waals surface area contributed by atoms with Crippen LogP contribution < -0.4 is 4.74 Å². The van der Waals surface area contributed by atoms with Crippen LogP contribution in [0.1, 0.15) is 5.56 Å². The van der Waals surface area contributed by atoms with Crippen molar-refractivity contribution in [2.24, 2.45) is 0 Å². The summed E-state index contributed by atoms with van der Waals surface area (Å²) in [6.45, 7) is 1.80. The van der Waals surface area contributed by atoms with E-state index in [9.17, 15) is 4.79 Å². The summed E-state index contributed by atoms with van der Waals surface area (Å²) in [6, 6.07) is 3.47. The monoisotopic (exact) mass is 296 g/mol. The number of benzene rings is 1. The molecule has 76 valence electrons. The van der Waals surface area contributed by atoms with Crippen molar-refractivity contribution in [2.75, 3.05) is 5.88 Å². The van der Waals surface area contributed by atoms with Crippen LogP contribution in [0.2, 0.25) is 5.02 Å². The van der Waals surface area contributed by atoms with Crippen molar-refractivity contribution in [2.45, 2.75) is 6.92 Å². The van der Waals surface area contributed by atoms with E-state index in [0.717, 1.165) is 10.0 Å². The number of esters is 1. The van der Waals surface area contributed by atoms with Crippen LogP contribution in [0.5, 0.6) is 5.75 Å². The third kappa shape index (κ3) is 2.87. The fourth-order valence-electron chi connectivity index (χ4n) is 0.959. The van der Waals surface area contributed by atoms with E-state index >= 15 is 0 Å². The first-order chi connectivity index (χ1) is 6.54. The molecule has 5 heteroatoms. The van der Waals surface area contributed by atoms with Crippen molar-refractivity contribution in [1.82, 2.24) is 0 Å². The quantitative estimate of drug-likeness (QED) is 0.474. The lowest BCUT2D eigenvalue weighted by Crippen LogP contribution is -2.10. The highest BCUT2D eigenvalue weighted by Crippen LogP contribution is 2.32. The Bertz CT molecular complexity index is 343. The van der Waals surface area contributed by atoms with E-state index < -0.39 is 5.97 Å². The van der Waals surface area contributed by atoms with Crippen molar-refractivity contribution in [3.63, 3.8) is 0 Å². The molecule has 0 saturated carbocycles. The lowest BCUT2D eigenvalue weighted by Gasteiger charge is -2.08. The number of ether oxygens (including phenoxy) is 1. The van der Waals surface area contributed by atoms with Crippen molar-refractivity contribution in [1.29, 1.82) is 0 Å². The van der Waals surface area contributed by atoms with Crippen LogP contribution in [0.15, 0.2) is 16.6 Å². The van der Waals surface area contributed by atoms with E-state index in [1.807, 2.05) is 6.07 Å². The second kappa shape index (κ2) is 5.01. The molecule has 1 aromatic carbocycles. The zero-order valence-electron chi connectivity index (χ0n) is 7.31. The zero-order valence-corrected chi connectivity index (χ0v) is 10.4. The van der Waals surface area contributed by atoms with Gasteiger partial charge in [-0.1, -0.05) is 27.5 Å². The van der Waals surface area contributed by atoms with Gasteiger partial charge in [-0.2, -0.15) is 0 Å². The number of hydrogen-bond donors (Lipinski definition) is 0. The normalized spacial score (nSPS) is 10.0. The van der Waals surface area contributed by atoms with Crippen LogP contribution in [-0.4, -0.2) is 11.8 Å². The first kappa shape index (κ1) is 11.8. The van der Waals surface area contributed by atoms with E-state index in [0.29, 0.717) is 10.8 Å². The molecule has 0 aliphatic carbocycles. The van der Waals surface area contributed by atoms with Crippen molar-refractivity contribution < 1.29 is 9.53 Å². The molecule has 1 rings (SSSR count). The summed E-state index contributed by atoms with van der Waals surface area (Å²) in [5.41, 5.74) is 0.780. The van der Waals surface area contributed by atoms with E-state index in [1.54, 1.807) is 13.0 Å². The lowest BCUT2D eigenvalue weighted by atomic mass is 10.2. The number of rotatable bonds is 2. The van der Waals surface area contributed by atoms with Gasteiger partial charge in [0.15, 0.2) is 5.75 Å². The molecule has 0 saturated heterocycles. The number of hydrogen-bond acceptors (Lipinski definition) is 2. The summed E-state index contributed by atoms with van der Waals surface area (Å²) in [6.07, 6.45) is 0. The Hall–Kier alpha value is -0.250. The average molecular weight is 298 g/mol. The average Bonchev–Trinajstić information content (AvgIpc) is 2.10. The Morgan fingerprint density at radius 1 is 1.57 bits per heavy atom. The van der Waals surface area contributed by atoms with Gasteiger partial charge in [0.05, 0.1) is 5.02 Å². The largest absolute Gasteiger partial charge is 0.424 e. The number of carbonyl (C=O) groups is 1. The minimum absolute atomic E-state index is 0.189. The molecule has 0 atom stereocenters. The molecular formula is C9H7BrCl2O2. The summed E-state index contributed by atoms with van der Waals surface area (Å²) in [7, 11) is 0. The molecule has 0 fully saturated rings. The van der Waals surface area contributed by atoms with Crippen LogP contribution in [0.25, 0.3) is 0 Å². The molecule has 1 aromatic rings. The molecule has 0 unspecified atom stereocenters. The molecule has 14 heavy (non-hydrogen) atoms. The van der Waals surface area contributed by atoms with Gasteiger partial charge in [0, 0.05) is 4.47 Å². The van der Waals surface area contributed by atoms with Crippen LogP contribution in [0.3, 0.4) is 0 Å². The van der Waals surface area contributed by atoms with Gasteiger partial charge < -0.3 is 4.74 Å². The Balaban J connectivity index is 3.02. The van der Waals surface area contributed by atoms with E-state index in [1.165, 1.54) is 0 Å². The SMILES string of the molecule is Cc1cc(Br)cc(Cl)c1OC(=O)CCl. The summed E-state index contributed by atoms with van der Waals surface area (Å²) >= 11 is 14.5. The second-order valence-corrected chi connectivity index (χ2v) is 4.23. The molecule has 0 spiro atoms. The van der Waals surface area contributed by atoms with Gasteiger partial charge in [-0.05, 0) is 24.6 Å². The van der Waals surface area contributed by atoms with Crippen LogP contribution in [0, 0.1) is 6.92 Å². The number of carbonyl (C=O) groups excluding carboxylic acids is 1. The third-order valence-electron chi connectivity index (χ3n) is 1.52. The van der Waals surface area contributed by atoms with Gasteiger partial charge in [-0.15, -0.1) is 11.6 Å². The molecule has 0 radical (unpaired) electrons. The smallest absolute Gasteiger partial charge is 0.326 e. The zero-order chi connectivity index (χ0) is 10.7. The Morgan fingerprint density at radius 3 is 2.71 bits per heavy atom. The molecule has 0 bridgehead atoms. The van der Waals surface area contributed by atoms with Crippen LogP contribution in [0.4, 0.5) is 0 Å². The molecule has 0 aliphatic heterocycles. The first-order valence-corrected chi connectivity index (χ1v) is 5.47.